The van der Waals surface area contributed by atoms with Crippen LogP contribution in [0.2, 0.25) is 0 Å². The van der Waals surface area contributed by atoms with Gasteiger partial charge in [0, 0.05) is 25.6 Å². The summed E-state index contributed by atoms with van der Waals surface area (Å²) in [5, 5.41) is 3.15. The molecule has 0 unspecified atom stereocenters. The second-order valence-electron chi connectivity index (χ2n) is 6.50. The van der Waals surface area contributed by atoms with Crippen LogP contribution >= 0.6 is 0 Å². The summed E-state index contributed by atoms with van der Waals surface area (Å²) >= 11 is 0. The third-order valence-corrected chi connectivity index (χ3v) is 4.90. The van der Waals surface area contributed by atoms with E-state index in [9.17, 15) is 4.79 Å². The molecule has 0 spiro atoms. The van der Waals surface area contributed by atoms with Crippen LogP contribution in [0.1, 0.15) is 24.9 Å². The van der Waals surface area contributed by atoms with Gasteiger partial charge in [-0.3, -0.25) is 9.69 Å². The van der Waals surface area contributed by atoms with Crippen molar-refractivity contribution in [3.05, 3.63) is 29.8 Å². The number of rotatable bonds is 6. The number of morpholine rings is 1. The number of amides is 1. The highest BCUT2D eigenvalue weighted by molar-refractivity contribution is 5.81. The molecule has 5 nitrogen and oxygen atoms in total. The van der Waals surface area contributed by atoms with Crippen LogP contribution in [-0.2, 0) is 9.53 Å². The van der Waals surface area contributed by atoms with E-state index in [0.717, 1.165) is 38.5 Å². The molecular formula is C18H26N2O3. The van der Waals surface area contributed by atoms with Gasteiger partial charge in [0.15, 0.2) is 0 Å². The van der Waals surface area contributed by atoms with Crippen LogP contribution in [0.4, 0.5) is 0 Å². The molecule has 0 radical (unpaired) electrons. The molecule has 1 amide bonds. The Labute approximate surface area is 137 Å². The van der Waals surface area contributed by atoms with Gasteiger partial charge in [-0.15, -0.1) is 0 Å². The van der Waals surface area contributed by atoms with E-state index in [0.29, 0.717) is 12.5 Å². The fourth-order valence-electron chi connectivity index (χ4n) is 3.19. The lowest BCUT2D eigenvalue weighted by molar-refractivity contribution is -0.122. The van der Waals surface area contributed by atoms with Gasteiger partial charge in [0.05, 0.1) is 26.4 Å². The number of benzene rings is 1. The molecule has 5 heteroatoms. The van der Waals surface area contributed by atoms with Gasteiger partial charge in [-0.1, -0.05) is 19.1 Å². The molecule has 0 aromatic heterocycles. The summed E-state index contributed by atoms with van der Waals surface area (Å²) in [5.41, 5.74) is 1.21. The van der Waals surface area contributed by atoms with Crippen molar-refractivity contribution >= 4 is 5.91 Å². The minimum Gasteiger partial charge on any atom is -0.497 e. The molecule has 3 rings (SSSR count). The van der Waals surface area contributed by atoms with Crippen LogP contribution in [0.3, 0.4) is 0 Å². The maximum Gasteiger partial charge on any atom is 0.223 e. The molecular weight excluding hydrogens is 292 g/mol. The standard InChI is InChI=1S/C18H26N2O3/c1-13-11-16(13)18(21)19-12-17(20-7-9-23-10-8-20)14-3-5-15(22-2)6-4-14/h3-6,13,16-17H,7-12H2,1-2H3,(H,19,21)/t13-,16-,17-/m0/s1. The average Bonchev–Trinajstić information content (AvgIpc) is 3.33. The number of hydrogen-bond acceptors (Lipinski definition) is 4. The number of nitrogens with one attached hydrogen (secondary N) is 1. The highest BCUT2D eigenvalue weighted by Crippen LogP contribution is 2.37. The van der Waals surface area contributed by atoms with Crippen molar-refractivity contribution in [3.63, 3.8) is 0 Å². The number of ether oxygens (including phenoxy) is 2. The first-order valence-electron chi connectivity index (χ1n) is 8.42. The monoisotopic (exact) mass is 318 g/mol. The van der Waals surface area contributed by atoms with Crippen molar-refractivity contribution in [2.24, 2.45) is 11.8 Å². The Morgan fingerprint density at radius 1 is 1.35 bits per heavy atom. The zero-order valence-corrected chi connectivity index (χ0v) is 14.0. The maximum atomic E-state index is 12.2. The fraction of sp³-hybridized carbons (Fsp3) is 0.611. The van der Waals surface area contributed by atoms with E-state index >= 15 is 0 Å². The zero-order chi connectivity index (χ0) is 16.2. The Morgan fingerprint density at radius 3 is 2.57 bits per heavy atom. The predicted molar refractivity (Wildman–Crippen MR) is 88.4 cm³/mol. The lowest BCUT2D eigenvalue weighted by atomic mass is 10.0. The summed E-state index contributed by atoms with van der Waals surface area (Å²) in [4.78, 5) is 14.6. The first-order chi connectivity index (χ1) is 11.2. The fourth-order valence-corrected chi connectivity index (χ4v) is 3.19. The quantitative estimate of drug-likeness (QED) is 0.869. The van der Waals surface area contributed by atoms with Crippen LogP contribution in [0.25, 0.3) is 0 Å². The number of carbonyl (C=O) groups is 1. The van der Waals surface area contributed by atoms with Crippen molar-refractivity contribution in [2.75, 3.05) is 40.0 Å². The highest BCUT2D eigenvalue weighted by Gasteiger charge is 2.39. The molecule has 1 aromatic rings. The summed E-state index contributed by atoms with van der Waals surface area (Å²) in [6, 6.07) is 8.32. The van der Waals surface area contributed by atoms with Crippen molar-refractivity contribution in [1.29, 1.82) is 0 Å². The molecule has 1 aliphatic carbocycles. The highest BCUT2D eigenvalue weighted by atomic mass is 16.5. The Balaban J connectivity index is 1.68. The number of methoxy groups -OCH3 is 1. The predicted octanol–water partition coefficient (Wildman–Crippen LogP) is 1.84. The Bertz CT molecular complexity index is 526. The van der Waals surface area contributed by atoms with E-state index < -0.39 is 0 Å². The largest absolute Gasteiger partial charge is 0.497 e. The molecule has 126 valence electrons. The molecule has 3 atom stereocenters. The second-order valence-corrected chi connectivity index (χ2v) is 6.50. The van der Waals surface area contributed by atoms with Crippen molar-refractivity contribution in [2.45, 2.75) is 19.4 Å². The molecule has 23 heavy (non-hydrogen) atoms. The Kier molecular flexibility index (Phi) is 5.18. The zero-order valence-electron chi connectivity index (χ0n) is 14.0. The summed E-state index contributed by atoms with van der Waals surface area (Å²) < 4.78 is 10.7. The minimum atomic E-state index is 0.183. The summed E-state index contributed by atoms with van der Waals surface area (Å²) in [7, 11) is 1.67. The molecule has 1 aliphatic heterocycles. The van der Waals surface area contributed by atoms with Gasteiger partial charge in [0.25, 0.3) is 0 Å². The maximum absolute atomic E-state index is 12.2. The molecule has 1 N–H and O–H groups in total. The van der Waals surface area contributed by atoms with Crippen molar-refractivity contribution in [1.82, 2.24) is 10.2 Å². The number of nitrogens with zero attached hydrogens (tertiary/aromatic N) is 1. The molecule has 1 saturated carbocycles. The van der Waals surface area contributed by atoms with Crippen LogP contribution in [0, 0.1) is 11.8 Å². The number of hydrogen-bond donors (Lipinski definition) is 1. The molecule has 2 fully saturated rings. The van der Waals surface area contributed by atoms with E-state index in [-0.39, 0.29) is 17.9 Å². The normalized spacial score (nSPS) is 25.7. The first-order valence-corrected chi connectivity index (χ1v) is 8.42. The molecule has 1 saturated heterocycles. The topological polar surface area (TPSA) is 50.8 Å². The van der Waals surface area contributed by atoms with Gasteiger partial charge in [-0.2, -0.15) is 0 Å². The van der Waals surface area contributed by atoms with E-state index in [1.807, 2.05) is 12.1 Å². The smallest absolute Gasteiger partial charge is 0.223 e. The molecule has 1 heterocycles. The Hall–Kier alpha value is -1.59. The lowest BCUT2D eigenvalue weighted by Gasteiger charge is -2.35. The van der Waals surface area contributed by atoms with Gasteiger partial charge in [-0.05, 0) is 30.0 Å². The lowest BCUT2D eigenvalue weighted by Crippen LogP contribution is -2.44. The molecule has 1 aromatic carbocycles. The van der Waals surface area contributed by atoms with Crippen LogP contribution in [0.15, 0.2) is 24.3 Å². The summed E-state index contributed by atoms with van der Waals surface area (Å²) in [5.74, 6) is 1.81. The summed E-state index contributed by atoms with van der Waals surface area (Å²) in [6.45, 7) is 6.07. The van der Waals surface area contributed by atoms with Gasteiger partial charge in [0.2, 0.25) is 5.91 Å². The van der Waals surface area contributed by atoms with Crippen LogP contribution in [-0.4, -0.2) is 50.8 Å². The summed E-state index contributed by atoms with van der Waals surface area (Å²) in [6.07, 6.45) is 1.02. The van der Waals surface area contributed by atoms with Gasteiger partial charge >= 0.3 is 0 Å². The average molecular weight is 318 g/mol. The van der Waals surface area contributed by atoms with E-state index in [1.54, 1.807) is 7.11 Å². The van der Waals surface area contributed by atoms with Crippen molar-refractivity contribution < 1.29 is 14.3 Å². The van der Waals surface area contributed by atoms with E-state index in [2.05, 4.69) is 29.3 Å². The minimum absolute atomic E-state index is 0.183. The van der Waals surface area contributed by atoms with Crippen LogP contribution in [0.5, 0.6) is 5.75 Å². The molecule has 0 bridgehead atoms. The van der Waals surface area contributed by atoms with Crippen molar-refractivity contribution in [3.8, 4) is 5.75 Å². The molecule has 2 aliphatic rings. The first kappa shape index (κ1) is 16.3. The number of carbonyl (C=O) groups excluding carboxylic acids is 1. The Morgan fingerprint density at radius 2 is 2.00 bits per heavy atom. The third kappa shape index (κ3) is 4.03. The van der Waals surface area contributed by atoms with E-state index in [4.69, 9.17) is 9.47 Å². The van der Waals surface area contributed by atoms with Gasteiger partial charge in [-0.25, -0.2) is 0 Å². The second kappa shape index (κ2) is 7.32. The van der Waals surface area contributed by atoms with Gasteiger partial charge < -0.3 is 14.8 Å². The van der Waals surface area contributed by atoms with E-state index in [1.165, 1.54) is 5.56 Å². The SMILES string of the molecule is COc1ccc([C@H](CNC(=O)[C@H]2C[C@@H]2C)N2CCOCC2)cc1. The third-order valence-electron chi connectivity index (χ3n) is 4.90. The van der Waals surface area contributed by atoms with Gasteiger partial charge in [0.1, 0.15) is 5.75 Å². The van der Waals surface area contributed by atoms with Crippen LogP contribution < -0.4 is 10.1 Å².